The van der Waals surface area contributed by atoms with E-state index in [4.69, 9.17) is 5.26 Å². The molecule has 0 saturated heterocycles. The number of anilines is 1. The van der Waals surface area contributed by atoms with Gasteiger partial charge in [-0.15, -0.1) is 0 Å². The molecule has 0 heterocycles. The van der Waals surface area contributed by atoms with Crippen molar-refractivity contribution in [3.8, 4) is 6.07 Å². The van der Waals surface area contributed by atoms with Gasteiger partial charge in [-0.1, -0.05) is 12.5 Å². The Morgan fingerprint density at radius 1 is 1.39 bits per heavy atom. The molecule has 2 rings (SSSR count). The molecule has 1 aromatic rings. The lowest BCUT2D eigenvalue weighted by atomic mass is 9.97. The van der Waals surface area contributed by atoms with Crippen LogP contribution in [0.1, 0.15) is 24.8 Å². The maximum atomic E-state index is 13.4. The molecule has 18 heavy (non-hydrogen) atoms. The minimum Gasteiger partial charge on any atom is -0.396 e. The summed E-state index contributed by atoms with van der Waals surface area (Å²) in [6.07, 6.45) is 3.26. The number of halogens is 1. The number of hydrogen-bond donors (Lipinski definition) is 2. The Labute approximate surface area is 106 Å². The smallest absolute Gasteiger partial charge is 0.143 e. The number of nitrogens with zero attached hydrogens (tertiary/aromatic N) is 1. The third-order valence-corrected chi connectivity index (χ3v) is 3.73. The van der Waals surface area contributed by atoms with E-state index >= 15 is 0 Å². The van der Waals surface area contributed by atoms with Gasteiger partial charge in [0, 0.05) is 13.2 Å². The van der Waals surface area contributed by atoms with Crippen LogP contribution in [-0.2, 0) is 0 Å². The molecule has 0 aromatic heterocycles. The van der Waals surface area contributed by atoms with Crippen molar-refractivity contribution in [3.63, 3.8) is 0 Å². The van der Waals surface area contributed by atoms with Crippen molar-refractivity contribution in [2.45, 2.75) is 19.3 Å². The van der Waals surface area contributed by atoms with E-state index in [1.165, 1.54) is 6.07 Å². The van der Waals surface area contributed by atoms with Crippen LogP contribution in [0, 0.1) is 29.0 Å². The largest absolute Gasteiger partial charge is 0.396 e. The van der Waals surface area contributed by atoms with Gasteiger partial charge in [-0.25, -0.2) is 4.39 Å². The van der Waals surface area contributed by atoms with Crippen molar-refractivity contribution >= 4 is 5.69 Å². The molecule has 2 N–H and O–H groups in total. The van der Waals surface area contributed by atoms with Gasteiger partial charge in [-0.05, 0) is 36.8 Å². The van der Waals surface area contributed by atoms with Crippen LogP contribution in [0.25, 0.3) is 0 Å². The van der Waals surface area contributed by atoms with Gasteiger partial charge in [0.2, 0.25) is 0 Å². The van der Waals surface area contributed by atoms with Crippen molar-refractivity contribution in [2.75, 3.05) is 18.5 Å². The fraction of sp³-hybridized carbons (Fsp3) is 0.500. The molecule has 0 bridgehead atoms. The zero-order chi connectivity index (χ0) is 13.0. The molecule has 1 aliphatic carbocycles. The predicted octanol–water partition coefficient (Wildman–Crippen LogP) is 2.52. The summed E-state index contributed by atoms with van der Waals surface area (Å²) < 4.78 is 13.4. The Morgan fingerprint density at radius 2 is 2.17 bits per heavy atom. The van der Waals surface area contributed by atoms with Crippen molar-refractivity contribution in [1.29, 1.82) is 5.26 Å². The summed E-state index contributed by atoms with van der Waals surface area (Å²) in [6, 6.07) is 6.47. The van der Waals surface area contributed by atoms with Gasteiger partial charge in [0.1, 0.15) is 17.4 Å². The van der Waals surface area contributed by atoms with Crippen LogP contribution in [0.5, 0.6) is 0 Å². The standard InChI is InChI=1S/C14H17FN2O/c15-13-5-2-6-14(12(13)7-16)17-8-10-3-1-4-11(10)9-18/h2,5-6,10-11,17-18H,1,3-4,8-9H2. The summed E-state index contributed by atoms with van der Waals surface area (Å²) in [6.45, 7) is 0.893. The predicted molar refractivity (Wildman–Crippen MR) is 67.5 cm³/mol. The van der Waals surface area contributed by atoms with E-state index in [0.717, 1.165) is 19.3 Å². The van der Waals surface area contributed by atoms with Crippen LogP contribution in [0.4, 0.5) is 10.1 Å². The first-order valence-electron chi connectivity index (χ1n) is 6.29. The van der Waals surface area contributed by atoms with Crippen LogP contribution >= 0.6 is 0 Å². The maximum absolute atomic E-state index is 13.4. The second-order valence-electron chi connectivity index (χ2n) is 4.79. The Hall–Kier alpha value is -1.60. The van der Waals surface area contributed by atoms with E-state index in [1.54, 1.807) is 12.1 Å². The minimum atomic E-state index is -0.493. The van der Waals surface area contributed by atoms with Gasteiger partial charge < -0.3 is 10.4 Å². The molecule has 0 aliphatic heterocycles. The molecule has 2 atom stereocenters. The van der Waals surface area contributed by atoms with Crippen LogP contribution in [-0.4, -0.2) is 18.3 Å². The summed E-state index contributed by atoms with van der Waals surface area (Å²) in [5.41, 5.74) is 0.608. The number of nitrogens with one attached hydrogen (secondary N) is 1. The first-order chi connectivity index (χ1) is 8.76. The number of nitriles is 1. The normalized spacial score (nSPS) is 22.7. The zero-order valence-corrected chi connectivity index (χ0v) is 10.2. The van der Waals surface area contributed by atoms with E-state index in [2.05, 4.69) is 5.32 Å². The van der Waals surface area contributed by atoms with E-state index in [9.17, 15) is 9.50 Å². The Morgan fingerprint density at radius 3 is 2.89 bits per heavy atom. The number of aliphatic hydroxyl groups excluding tert-OH is 1. The highest BCUT2D eigenvalue weighted by Gasteiger charge is 2.26. The highest BCUT2D eigenvalue weighted by atomic mass is 19.1. The van der Waals surface area contributed by atoms with Crippen LogP contribution in [0.3, 0.4) is 0 Å². The van der Waals surface area contributed by atoms with Crippen molar-refractivity contribution < 1.29 is 9.50 Å². The molecule has 2 unspecified atom stereocenters. The lowest BCUT2D eigenvalue weighted by Crippen LogP contribution is -2.21. The average molecular weight is 248 g/mol. The first-order valence-corrected chi connectivity index (χ1v) is 6.29. The van der Waals surface area contributed by atoms with Gasteiger partial charge in [0.25, 0.3) is 0 Å². The zero-order valence-electron chi connectivity index (χ0n) is 10.2. The second-order valence-corrected chi connectivity index (χ2v) is 4.79. The van der Waals surface area contributed by atoms with Crippen LogP contribution in [0.2, 0.25) is 0 Å². The SMILES string of the molecule is N#Cc1c(F)cccc1NCC1CCCC1CO. The lowest BCUT2D eigenvalue weighted by molar-refractivity contribution is 0.199. The van der Waals surface area contributed by atoms with E-state index in [0.29, 0.717) is 24.1 Å². The van der Waals surface area contributed by atoms with Crippen LogP contribution < -0.4 is 5.32 Å². The van der Waals surface area contributed by atoms with E-state index in [1.807, 2.05) is 6.07 Å². The molecule has 3 nitrogen and oxygen atoms in total. The monoisotopic (exact) mass is 248 g/mol. The number of hydrogen-bond acceptors (Lipinski definition) is 3. The van der Waals surface area contributed by atoms with Gasteiger partial charge in [0.05, 0.1) is 5.69 Å². The number of aliphatic hydroxyl groups is 1. The molecular formula is C14H17FN2O. The van der Waals surface area contributed by atoms with Crippen molar-refractivity contribution in [3.05, 3.63) is 29.6 Å². The Kier molecular flexibility index (Phi) is 4.16. The molecule has 1 aromatic carbocycles. The number of benzene rings is 1. The molecule has 0 radical (unpaired) electrons. The average Bonchev–Trinajstić information content (AvgIpc) is 2.83. The molecule has 4 heteroatoms. The van der Waals surface area contributed by atoms with Crippen molar-refractivity contribution in [1.82, 2.24) is 0 Å². The quantitative estimate of drug-likeness (QED) is 0.860. The lowest BCUT2D eigenvalue weighted by Gasteiger charge is -2.19. The van der Waals surface area contributed by atoms with E-state index in [-0.39, 0.29) is 12.2 Å². The summed E-state index contributed by atoms with van der Waals surface area (Å²) in [4.78, 5) is 0. The van der Waals surface area contributed by atoms with Crippen LogP contribution in [0.15, 0.2) is 18.2 Å². The van der Waals surface area contributed by atoms with Gasteiger partial charge in [-0.3, -0.25) is 0 Å². The maximum Gasteiger partial charge on any atom is 0.143 e. The molecular weight excluding hydrogens is 231 g/mol. The Balaban J connectivity index is 2.02. The number of rotatable bonds is 4. The Bertz CT molecular complexity index is 456. The third kappa shape index (κ3) is 2.62. The molecule has 1 fully saturated rings. The molecule has 1 aliphatic rings. The summed E-state index contributed by atoms with van der Waals surface area (Å²) >= 11 is 0. The van der Waals surface area contributed by atoms with Crippen molar-refractivity contribution in [2.24, 2.45) is 11.8 Å². The highest BCUT2D eigenvalue weighted by molar-refractivity contribution is 5.57. The first kappa shape index (κ1) is 12.8. The topological polar surface area (TPSA) is 56.0 Å². The molecule has 1 saturated carbocycles. The van der Waals surface area contributed by atoms with Gasteiger partial charge in [-0.2, -0.15) is 5.26 Å². The van der Waals surface area contributed by atoms with E-state index < -0.39 is 5.82 Å². The fourth-order valence-electron chi connectivity index (χ4n) is 2.65. The third-order valence-electron chi connectivity index (χ3n) is 3.73. The summed E-state index contributed by atoms with van der Waals surface area (Å²) in [7, 11) is 0. The summed E-state index contributed by atoms with van der Waals surface area (Å²) in [5, 5.41) is 21.3. The minimum absolute atomic E-state index is 0.0658. The van der Waals surface area contributed by atoms with Gasteiger partial charge in [0.15, 0.2) is 0 Å². The second kappa shape index (κ2) is 5.83. The molecule has 0 spiro atoms. The summed E-state index contributed by atoms with van der Waals surface area (Å²) in [5.74, 6) is 0.244. The molecule has 96 valence electrons. The fourth-order valence-corrected chi connectivity index (χ4v) is 2.65. The highest BCUT2D eigenvalue weighted by Crippen LogP contribution is 2.31. The van der Waals surface area contributed by atoms with Gasteiger partial charge >= 0.3 is 0 Å². The molecule has 0 amide bonds.